The summed E-state index contributed by atoms with van der Waals surface area (Å²) in [4.78, 5) is 52.6. The van der Waals surface area contributed by atoms with Crippen molar-refractivity contribution in [2.45, 2.75) is 64.6 Å². The molecule has 1 aliphatic heterocycles. The van der Waals surface area contributed by atoms with Crippen LogP contribution < -0.4 is 10.6 Å². The Morgan fingerprint density at radius 2 is 1.79 bits per heavy atom. The normalized spacial score (nSPS) is 18.9. The van der Waals surface area contributed by atoms with Crippen LogP contribution in [-0.2, 0) is 30.3 Å². The van der Waals surface area contributed by atoms with E-state index < -0.39 is 35.4 Å². The van der Waals surface area contributed by atoms with Gasteiger partial charge in [-0.3, -0.25) is 19.2 Å². The number of nitrogens with one attached hydrogen (secondary N) is 2. The lowest BCUT2D eigenvalue weighted by Crippen LogP contribution is -2.50. The third kappa shape index (κ3) is 8.06. The van der Waals surface area contributed by atoms with Crippen molar-refractivity contribution in [3.63, 3.8) is 0 Å². The van der Waals surface area contributed by atoms with Crippen LogP contribution in [0.5, 0.6) is 0 Å². The topological polar surface area (TPSA) is 140 Å². The standard InChI is InChI=1S/C28H37N3O7/c1-17(2)11-21(25(33)28(4)16-37-28)29-26(34)20(13-19-9-7-6-8-10-19)14-24(32)23(15-36-5)30-27(35)22-12-18(3)38-31-22/h6-10,12,17,20-21,23H,11,13-16H2,1-5H3,(H,29,34)(H,30,35)/t20-,21+,23+,28-/m1/s1. The van der Waals surface area contributed by atoms with Crippen molar-refractivity contribution in [2.75, 3.05) is 20.3 Å². The van der Waals surface area contributed by atoms with Crippen molar-refractivity contribution >= 4 is 23.4 Å². The second kappa shape index (κ2) is 12.9. The molecule has 206 valence electrons. The van der Waals surface area contributed by atoms with Crippen LogP contribution in [0.25, 0.3) is 0 Å². The van der Waals surface area contributed by atoms with Gasteiger partial charge in [0, 0.05) is 25.5 Å². The number of ketones is 2. The Morgan fingerprint density at radius 1 is 1.11 bits per heavy atom. The molecule has 2 N–H and O–H groups in total. The van der Waals surface area contributed by atoms with E-state index in [0.29, 0.717) is 18.8 Å². The van der Waals surface area contributed by atoms with Crippen molar-refractivity contribution in [1.29, 1.82) is 0 Å². The highest BCUT2D eigenvalue weighted by Gasteiger charge is 2.50. The zero-order valence-corrected chi connectivity index (χ0v) is 22.6. The van der Waals surface area contributed by atoms with Crippen molar-refractivity contribution in [3.05, 3.63) is 53.4 Å². The van der Waals surface area contributed by atoms with Gasteiger partial charge in [0.15, 0.2) is 17.3 Å². The molecule has 1 fully saturated rings. The molecule has 0 radical (unpaired) electrons. The number of benzene rings is 1. The molecule has 10 nitrogen and oxygen atoms in total. The summed E-state index contributed by atoms with van der Waals surface area (Å²) < 4.78 is 15.5. The number of amides is 2. The summed E-state index contributed by atoms with van der Waals surface area (Å²) in [5.41, 5.74) is 0.0288. The van der Waals surface area contributed by atoms with Crippen LogP contribution in [0, 0.1) is 18.8 Å². The number of nitrogens with zero attached hydrogens (tertiary/aromatic N) is 1. The monoisotopic (exact) mass is 527 g/mol. The van der Waals surface area contributed by atoms with Crippen LogP contribution in [0.2, 0.25) is 0 Å². The van der Waals surface area contributed by atoms with Gasteiger partial charge in [0.1, 0.15) is 17.4 Å². The van der Waals surface area contributed by atoms with E-state index in [4.69, 9.17) is 14.0 Å². The lowest BCUT2D eigenvalue weighted by molar-refractivity contribution is -0.134. The molecule has 0 aliphatic carbocycles. The molecule has 3 rings (SSSR count). The quantitative estimate of drug-likeness (QED) is 0.337. The first kappa shape index (κ1) is 29.2. The molecule has 0 unspecified atom stereocenters. The molecule has 0 spiro atoms. The first-order chi connectivity index (χ1) is 18.0. The zero-order chi connectivity index (χ0) is 27.9. The minimum absolute atomic E-state index is 0.0424. The van der Waals surface area contributed by atoms with Crippen LogP contribution in [-0.4, -0.2) is 66.5 Å². The van der Waals surface area contributed by atoms with Gasteiger partial charge in [0.2, 0.25) is 5.91 Å². The summed E-state index contributed by atoms with van der Waals surface area (Å²) in [5, 5.41) is 9.21. The number of aromatic nitrogens is 1. The molecule has 2 amide bonds. The average molecular weight is 528 g/mol. The van der Waals surface area contributed by atoms with E-state index in [2.05, 4.69) is 15.8 Å². The van der Waals surface area contributed by atoms with E-state index in [1.54, 1.807) is 13.8 Å². The predicted molar refractivity (Wildman–Crippen MR) is 138 cm³/mol. The maximum absolute atomic E-state index is 13.6. The van der Waals surface area contributed by atoms with Crippen LogP contribution >= 0.6 is 0 Å². The number of methoxy groups -OCH3 is 1. The van der Waals surface area contributed by atoms with Gasteiger partial charge in [0.25, 0.3) is 5.91 Å². The molecule has 2 heterocycles. The fraction of sp³-hybridized carbons (Fsp3) is 0.536. The van der Waals surface area contributed by atoms with Crippen LogP contribution in [0.1, 0.15) is 55.4 Å². The molecular formula is C28H37N3O7. The molecule has 1 aliphatic rings. The second-order valence-corrected chi connectivity index (χ2v) is 10.4. The summed E-state index contributed by atoms with van der Waals surface area (Å²) >= 11 is 0. The number of hydrogen-bond acceptors (Lipinski definition) is 8. The van der Waals surface area contributed by atoms with Gasteiger partial charge in [-0.1, -0.05) is 49.3 Å². The lowest BCUT2D eigenvalue weighted by Gasteiger charge is -2.25. The Kier molecular flexibility index (Phi) is 9.93. The Bertz CT molecular complexity index is 1120. The third-order valence-corrected chi connectivity index (χ3v) is 6.47. The van der Waals surface area contributed by atoms with Gasteiger partial charge in [-0.25, -0.2) is 0 Å². The first-order valence-electron chi connectivity index (χ1n) is 12.8. The highest BCUT2D eigenvalue weighted by Crippen LogP contribution is 2.30. The van der Waals surface area contributed by atoms with Gasteiger partial charge in [0.05, 0.1) is 19.3 Å². The first-order valence-corrected chi connectivity index (χ1v) is 12.8. The second-order valence-electron chi connectivity index (χ2n) is 10.4. The van der Waals surface area contributed by atoms with E-state index in [9.17, 15) is 19.2 Å². The van der Waals surface area contributed by atoms with Gasteiger partial charge in [-0.15, -0.1) is 0 Å². The van der Waals surface area contributed by atoms with Gasteiger partial charge >= 0.3 is 0 Å². The van der Waals surface area contributed by atoms with Gasteiger partial charge in [-0.2, -0.15) is 0 Å². The van der Waals surface area contributed by atoms with Crippen molar-refractivity contribution in [2.24, 2.45) is 11.8 Å². The van der Waals surface area contributed by atoms with E-state index >= 15 is 0 Å². The Balaban J connectivity index is 1.78. The van der Waals surface area contributed by atoms with Gasteiger partial charge < -0.3 is 24.6 Å². The predicted octanol–water partition coefficient (Wildman–Crippen LogP) is 2.43. The summed E-state index contributed by atoms with van der Waals surface area (Å²) in [5.74, 6) is -1.69. The molecule has 1 aromatic carbocycles. The number of rotatable bonds is 15. The van der Waals surface area contributed by atoms with Crippen LogP contribution in [0.4, 0.5) is 0 Å². The number of Topliss-reactive ketones (excluding diaryl/α,β-unsaturated/α-hetero) is 2. The number of hydrogen-bond donors (Lipinski definition) is 2. The highest BCUT2D eigenvalue weighted by molar-refractivity contribution is 5.99. The molecule has 1 aromatic heterocycles. The summed E-state index contributed by atoms with van der Waals surface area (Å²) in [6.07, 6.45) is 0.573. The summed E-state index contributed by atoms with van der Waals surface area (Å²) in [6.45, 7) is 7.57. The lowest BCUT2D eigenvalue weighted by atomic mass is 9.89. The highest BCUT2D eigenvalue weighted by atomic mass is 16.6. The average Bonchev–Trinajstić information content (AvgIpc) is 3.48. The number of ether oxygens (including phenoxy) is 2. The molecule has 4 atom stereocenters. The maximum atomic E-state index is 13.6. The van der Waals surface area contributed by atoms with Gasteiger partial charge in [-0.05, 0) is 38.2 Å². The van der Waals surface area contributed by atoms with Crippen molar-refractivity contribution in [3.8, 4) is 0 Å². The van der Waals surface area contributed by atoms with E-state index in [0.717, 1.165) is 5.56 Å². The molecule has 0 bridgehead atoms. The Morgan fingerprint density at radius 3 is 2.34 bits per heavy atom. The van der Waals surface area contributed by atoms with Crippen molar-refractivity contribution in [1.82, 2.24) is 15.8 Å². The molecule has 2 aromatic rings. The largest absolute Gasteiger partial charge is 0.382 e. The molecule has 38 heavy (non-hydrogen) atoms. The minimum atomic E-state index is -0.998. The molecule has 10 heteroatoms. The number of aryl methyl sites for hydroxylation is 1. The van der Waals surface area contributed by atoms with E-state index in [-0.39, 0.29) is 42.6 Å². The van der Waals surface area contributed by atoms with E-state index in [1.807, 2.05) is 44.2 Å². The third-order valence-electron chi connectivity index (χ3n) is 6.47. The fourth-order valence-corrected chi connectivity index (χ4v) is 4.24. The van der Waals surface area contributed by atoms with Crippen molar-refractivity contribution < 1.29 is 33.2 Å². The molecular weight excluding hydrogens is 490 g/mol. The Labute approximate surface area is 222 Å². The molecule has 0 saturated carbocycles. The number of carbonyl (C=O) groups is 4. The summed E-state index contributed by atoms with van der Waals surface area (Å²) in [7, 11) is 1.42. The summed E-state index contributed by atoms with van der Waals surface area (Å²) in [6, 6.07) is 9.07. The Hall–Kier alpha value is -3.37. The number of carbonyl (C=O) groups excluding carboxylic acids is 4. The number of epoxide rings is 1. The van der Waals surface area contributed by atoms with Crippen LogP contribution in [0.15, 0.2) is 40.9 Å². The fourth-order valence-electron chi connectivity index (χ4n) is 4.24. The minimum Gasteiger partial charge on any atom is -0.382 e. The smallest absolute Gasteiger partial charge is 0.274 e. The zero-order valence-electron chi connectivity index (χ0n) is 22.6. The van der Waals surface area contributed by atoms with Crippen LogP contribution in [0.3, 0.4) is 0 Å². The maximum Gasteiger partial charge on any atom is 0.274 e. The SMILES string of the molecule is COC[C@H](NC(=O)c1cc(C)on1)C(=O)C[C@@H](Cc1ccccc1)C(=O)N[C@@H](CC(C)C)C(=O)[C@@]1(C)CO1. The van der Waals surface area contributed by atoms with E-state index in [1.165, 1.54) is 13.2 Å². The molecule has 1 saturated heterocycles.